The molecule has 1 aliphatic rings. The normalized spacial score (nSPS) is 19.0. The lowest BCUT2D eigenvalue weighted by atomic mass is 9.96. The number of carbonyl (C=O) groups is 2. The Kier molecular flexibility index (Phi) is 7.25. The lowest BCUT2D eigenvalue weighted by Crippen LogP contribution is -2.48. The Balaban J connectivity index is 0.00000242. The highest BCUT2D eigenvalue weighted by atomic mass is 79.9. The Morgan fingerprint density at radius 3 is 2.82 bits per heavy atom. The molecule has 2 unspecified atom stereocenters. The number of carbonyl (C=O) groups excluding carboxylic acids is 2. The van der Waals surface area contributed by atoms with E-state index in [1.54, 1.807) is 24.1 Å². The molecule has 3 N–H and O–H groups in total. The molecule has 0 aromatic carbocycles. The first-order valence-corrected chi connectivity index (χ1v) is 7.73. The first-order chi connectivity index (χ1) is 9.97. The number of hydrogen-bond donors (Lipinski definition) is 2. The van der Waals surface area contributed by atoms with E-state index in [9.17, 15) is 9.59 Å². The van der Waals surface area contributed by atoms with Gasteiger partial charge in [-0.2, -0.15) is 0 Å². The molecule has 1 saturated heterocycles. The quantitative estimate of drug-likeness (QED) is 0.822. The Hall–Kier alpha value is -1.18. The molecular weight excluding hydrogens is 372 g/mol. The van der Waals surface area contributed by atoms with Crippen LogP contribution in [0, 0.1) is 5.92 Å². The van der Waals surface area contributed by atoms with Gasteiger partial charge in [-0.3, -0.25) is 9.59 Å². The number of pyridine rings is 1. The highest BCUT2D eigenvalue weighted by Crippen LogP contribution is 2.19. The van der Waals surface area contributed by atoms with Gasteiger partial charge in [-0.25, -0.2) is 4.98 Å². The molecule has 2 atom stereocenters. The van der Waals surface area contributed by atoms with Crippen LogP contribution in [0.4, 0.5) is 5.82 Å². The first-order valence-electron chi connectivity index (χ1n) is 6.94. The summed E-state index contributed by atoms with van der Waals surface area (Å²) >= 11 is 3.29. The lowest BCUT2D eigenvalue weighted by molar-refractivity contribution is -0.135. The van der Waals surface area contributed by atoms with Crippen molar-refractivity contribution in [2.75, 3.05) is 18.4 Å². The summed E-state index contributed by atoms with van der Waals surface area (Å²) < 4.78 is 0.854. The molecular formula is C14H20BrClN4O2. The third-order valence-electron chi connectivity index (χ3n) is 3.47. The third kappa shape index (κ3) is 4.93. The maximum atomic E-state index is 12.3. The van der Waals surface area contributed by atoms with Gasteiger partial charge in [0, 0.05) is 23.8 Å². The molecule has 1 aliphatic heterocycles. The van der Waals surface area contributed by atoms with E-state index >= 15 is 0 Å². The Bertz CT molecular complexity index is 524. The number of piperidine rings is 1. The minimum absolute atomic E-state index is 0. The molecule has 6 nitrogen and oxygen atoms in total. The molecule has 0 saturated carbocycles. The zero-order chi connectivity index (χ0) is 15.4. The standard InChI is InChI=1S/C14H19BrN4O2.ClH/c1-9(16)14(21)19-6-2-3-10(8-19)13(20)18-12-5-4-11(15)7-17-12;/h4-5,7,9-10H,2-3,6,8,16H2,1H3,(H,17,18,20);1H. The molecule has 2 rings (SSSR count). The average molecular weight is 392 g/mol. The summed E-state index contributed by atoms with van der Waals surface area (Å²) in [6, 6.07) is 3.02. The van der Waals surface area contributed by atoms with Gasteiger partial charge in [0.25, 0.3) is 0 Å². The van der Waals surface area contributed by atoms with Crippen molar-refractivity contribution in [3.05, 3.63) is 22.8 Å². The van der Waals surface area contributed by atoms with E-state index in [-0.39, 0.29) is 30.1 Å². The summed E-state index contributed by atoms with van der Waals surface area (Å²) in [7, 11) is 0. The van der Waals surface area contributed by atoms with Crippen molar-refractivity contribution in [1.82, 2.24) is 9.88 Å². The number of hydrogen-bond acceptors (Lipinski definition) is 4. The lowest BCUT2D eigenvalue weighted by Gasteiger charge is -2.33. The average Bonchev–Trinajstić information content (AvgIpc) is 2.48. The van der Waals surface area contributed by atoms with Crippen molar-refractivity contribution in [2.45, 2.75) is 25.8 Å². The van der Waals surface area contributed by atoms with Crippen molar-refractivity contribution in [3.8, 4) is 0 Å². The van der Waals surface area contributed by atoms with Crippen LogP contribution >= 0.6 is 28.3 Å². The van der Waals surface area contributed by atoms with Gasteiger partial charge in [0.05, 0.1) is 12.0 Å². The zero-order valence-corrected chi connectivity index (χ0v) is 14.7. The minimum atomic E-state index is -0.528. The van der Waals surface area contributed by atoms with Crippen molar-refractivity contribution in [3.63, 3.8) is 0 Å². The van der Waals surface area contributed by atoms with Crippen LogP contribution < -0.4 is 11.1 Å². The van der Waals surface area contributed by atoms with Crippen LogP contribution in [0.15, 0.2) is 22.8 Å². The maximum Gasteiger partial charge on any atom is 0.239 e. The Morgan fingerprint density at radius 2 is 2.23 bits per heavy atom. The van der Waals surface area contributed by atoms with Crippen LogP contribution in [-0.2, 0) is 9.59 Å². The zero-order valence-electron chi connectivity index (χ0n) is 12.3. The van der Waals surface area contributed by atoms with Crippen molar-refractivity contribution >= 4 is 46.0 Å². The van der Waals surface area contributed by atoms with Gasteiger partial charge < -0.3 is 16.0 Å². The van der Waals surface area contributed by atoms with Gasteiger partial charge in [0.15, 0.2) is 0 Å². The topological polar surface area (TPSA) is 88.3 Å². The van der Waals surface area contributed by atoms with E-state index in [4.69, 9.17) is 5.73 Å². The number of aromatic nitrogens is 1. The Morgan fingerprint density at radius 1 is 1.50 bits per heavy atom. The molecule has 1 aromatic heterocycles. The largest absolute Gasteiger partial charge is 0.341 e. The van der Waals surface area contributed by atoms with Crippen LogP contribution in [0.1, 0.15) is 19.8 Å². The number of nitrogens with two attached hydrogens (primary N) is 1. The number of likely N-dealkylation sites (tertiary alicyclic amines) is 1. The van der Waals surface area contributed by atoms with E-state index in [1.807, 2.05) is 6.07 Å². The molecule has 0 spiro atoms. The van der Waals surface area contributed by atoms with E-state index in [1.165, 1.54) is 0 Å². The highest BCUT2D eigenvalue weighted by Gasteiger charge is 2.29. The fourth-order valence-electron chi connectivity index (χ4n) is 2.36. The molecule has 2 heterocycles. The Labute approximate surface area is 144 Å². The van der Waals surface area contributed by atoms with Crippen LogP contribution in [0.5, 0.6) is 0 Å². The van der Waals surface area contributed by atoms with E-state index in [0.717, 1.165) is 17.3 Å². The number of nitrogens with one attached hydrogen (secondary N) is 1. The second-order valence-corrected chi connectivity index (χ2v) is 6.18. The van der Waals surface area contributed by atoms with Crippen LogP contribution in [0.3, 0.4) is 0 Å². The first kappa shape index (κ1) is 18.9. The van der Waals surface area contributed by atoms with E-state index in [2.05, 4.69) is 26.2 Å². The van der Waals surface area contributed by atoms with Gasteiger partial charge in [-0.15, -0.1) is 12.4 Å². The SMILES string of the molecule is CC(N)C(=O)N1CCCC(C(=O)Nc2ccc(Br)cn2)C1.Cl. The molecule has 122 valence electrons. The molecule has 22 heavy (non-hydrogen) atoms. The number of amides is 2. The van der Waals surface area contributed by atoms with E-state index < -0.39 is 6.04 Å². The van der Waals surface area contributed by atoms with Crippen LogP contribution in [-0.4, -0.2) is 40.8 Å². The molecule has 2 amide bonds. The fraction of sp³-hybridized carbons (Fsp3) is 0.500. The van der Waals surface area contributed by atoms with Crippen molar-refractivity contribution < 1.29 is 9.59 Å². The fourth-order valence-corrected chi connectivity index (χ4v) is 2.59. The predicted molar refractivity (Wildman–Crippen MR) is 90.8 cm³/mol. The number of nitrogens with zero attached hydrogens (tertiary/aromatic N) is 2. The number of rotatable bonds is 3. The predicted octanol–water partition coefficient (Wildman–Crippen LogP) is 1.79. The minimum Gasteiger partial charge on any atom is -0.341 e. The smallest absolute Gasteiger partial charge is 0.239 e. The van der Waals surface area contributed by atoms with Gasteiger partial charge >= 0.3 is 0 Å². The molecule has 1 aromatic rings. The van der Waals surface area contributed by atoms with Crippen LogP contribution in [0.2, 0.25) is 0 Å². The number of anilines is 1. The molecule has 0 bridgehead atoms. The molecule has 8 heteroatoms. The van der Waals surface area contributed by atoms with Crippen LogP contribution in [0.25, 0.3) is 0 Å². The molecule has 0 aliphatic carbocycles. The third-order valence-corrected chi connectivity index (χ3v) is 3.94. The van der Waals surface area contributed by atoms with Gasteiger partial charge in [-0.05, 0) is 47.8 Å². The van der Waals surface area contributed by atoms with Gasteiger partial charge in [0.1, 0.15) is 5.82 Å². The monoisotopic (exact) mass is 390 g/mol. The van der Waals surface area contributed by atoms with Crippen molar-refractivity contribution in [1.29, 1.82) is 0 Å². The summed E-state index contributed by atoms with van der Waals surface area (Å²) in [5.74, 6) is 0.0898. The number of halogens is 2. The summed E-state index contributed by atoms with van der Waals surface area (Å²) in [6.07, 6.45) is 3.21. The second kappa shape index (κ2) is 8.45. The van der Waals surface area contributed by atoms with Crippen molar-refractivity contribution in [2.24, 2.45) is 11.7 Å². The summed E-state index contributed by atoms with van der Waals surface area (Å²) in [6.45, 7) is 2.75. The summed E-state index contributed by atoms with van der Waals surface area (Å²) in [5, 5.41) is 2.79. The maximum absolute atomic E-state index is 12.3. The molecule has 1 fully saturated rings. The van der Waals surface area contributed by atoms with Gasteiger partial charge in [0.2, 0.25) is 11.8 Å². The van der Waals surface area contributed by atoms with E-state index in [0.29, 0.717) is 18.9 Å². The highest BCUT2D eigenvalue weighted by molar-refractivity contribution is 9.10. The summed E-state index contributed by atoms with van der Waals surface area (Å²) in [5.41, 5.74) is 5.62. The molecule has 0 radical (unpaired) electrons. The van der Waals surface area contributed by atoms with Gasteiger partial charge in [-0.1, -0.05) is 0 Å². The summed E-state index contributed by atoms with van der Waals surface area (Å²) in [4.78, 5) is 30.0. The second-order valence-electron chi connectivity index (χ2n) is 5.26.